The number of pyridine rings is 1. The second-order valence-corrected chi connectivity index (χ2v) is 7.12. The Bertz CT molecular complexity index is 514. The Morgan fingerprint density at radius 1 is 1.36 bits per heavy atom. The molecule has 0 atom stereocenters. The molecular weight excluding hydrogens is 280 g/mol. The first kappa shape index (κ1) is 16.4. The topological polar surface area (TPSA) is 80.5 Å². The van der Waals surface area contributed by atoms with Crippen LogP contribution in [0.25, 0.3) is 0 Å². The van der Waals surface area contributed by atoms with Crippen LogP contribution in [0.1, 0.15) is 40.5 Å². The first-order valence-corrected chi connectivity index (χ1v) is 7.65. The van der Waals surface area contributed by atoms with E-state index in [0.717, 1.165) is 31.6 Å². The summed E-state index contributed by atoms with van der Waals surface area (Å²) < 4.78 is 5.34. The first-order valence-electron chi connectivity index (χ1n) is 7.65. The maximum atomic E-state index is 12.0. The van der Waals surface area contributed by atoms with E-state index in [1.165, 1.54) is 0 Å². The molecule has 6 nitrogen and oxygen atoms in total. The maximum absolute atomic E-state index is 12.0. The highest BCUT2D eigenvalue weighted by Gasteiger charge is 2.33. The predicted octanol–water partition coefficient (Wildman–Crippen LogP) is 2.55. The van der Waals surface area contributed by atoms with Gasteiger partial charge in [0.2, 0.25) is 0 Å². The lowest BCUT2D eigenvalue weighted by atomic mass is 9.89. The van der Waals surface area contributed by atoms with Crippen LogP contribution in [0, 0.1) is 0 Å². The molecule has 0 aliphatic carbocycles. The largest absolute Gasteiger partial charge is 0.444 e. The summed E-state index contributed by atoms with van der Waals surface area (Å²) in [6.45, 7) is 9.38. The smallest absolute Gasteiger partial charge is 0.408 e. The highest BCUT2D eigenvalue weighted by Crippen LogP contribution is 2.26. The SMILES string of the molecule is CC1(NC(=O)OC(C)(C)C)CCN(c2ccc(N)nc2)CC1. The third-order valence-electron chi connectivity index (χ3n) is 3.81. The standard InChI is InChI=1S/C16H26N4O2/c1-15(2,3)22-14(21)19-16(4)7-9-20(10-8-16)12-5-6-13(17)18-11-12/h5-6,11H,7-10H2,1-4H3,(H2,17,18)(H,19,21). The normalized spacial score (nSPS) is 17.9. The second-order valence-electron chi connectivity index (χ2n) is 7.12. The molecule has 122 valence electrons. The van der Waals surface area contributed by atoms with Crippen molar-refractivity contribution in [3.8, 4) is 0 Å². The number of carbonyl (C=O) groups excluding carboxylic acids is 1. The fraction of sp³-hybridized carbons (Fsp3) is 0.625. The first-order chi connectivity index (χ1) is 10.2. The number of carbonyl (C=O) groups is 1. The Kier molecular flexibility index (Phi) is 4.49. The Hall–Kier alpha value is -1.98. The highest BCUT2D eigenvalue weighted by molar-refractivity contribution is 5.68. The average molecular weight is 306 g/mol. The van der Waals surface area contributed by atoms with Gasteiger partial charge in [0.15, 0.2) is 0 Å². The molecular formula is C16H26N4O2. The number of nitrogens with two attached hydrogens (primary N) is 1. The summed E-state index contributed by atoms with van der Waals surface area (Å²) in [6.07, 6.45) is 3.16. The van der Waals surface area contributed by atoms with Crippen LogP contribution in [-0.4, -0.2) is 35.3 Å². The van der Waals surface area contributed by atoms with Gasteiger partial charge in [-0.2, -0.15) is 0 Å². The van der Waals surface area contributed by atoms with Gasteiger partial charge in [-0.1, -0.05) is 0 Å². The average Bonchev–Trinajstić information content (AvgIpc) is 2.38. The molecule has 2 heterocycles. The van der Waals surface area contributed by atoms with Crippen molar-refractivity contribution in [3.05, 3.63) is 18.3 Å². The molecule has 22 heavy (non-hydrogen) atoms. The number of anilines is 2. The quantitative estimate of drug-likeness (QED) is 0.877. The zero-order valence-corrected chi connectivity index (χ0v) is 13.8. The molecule has 1 amide bonds. The predicted molar refractivity (Wildman–Crippen MR) is 87.9 cm³/mol. The molecule has 0 spiro atoms. The molecule has 1 aromatic heterocycles. The maximum Gasteiger partial charge on any atom is 0.408 e. The lowest BCUT2D eigenvalue weighted by molar-refractivity contribution is 0.0448. The molecule has 0 radical (unpaired) electrons. The summed E-state index contributed by atoms with van der Waals surface area (Å²) in [5.74, 6) is 0.525. The molecule has 1 saturated heterocycles. The van der Waals surface area contributed by atoms with Gasteiger partial charge in [0, 0.05) is 18.6 Å². The van der Waals surface area contributed by atoms with E-state index in [-0.39, 0.29) is 11.6 Å². The van der Waals surface area contributed by atoms with Crippen molar-refractivity contribution < 1.29 is 9.53 Å². The lowest BCUT2D eigenvalue weighted by Gasteiger charge is -2.41. The number of aromatic nitrogens is 1. The molecule has 1 fully saturated rings. The van der Waals surface area contributed by atoms with E-state index < -0.39 is 5.60 Å². The Morgan fingerprint density at radius 2 is 2.00 bits per heavy atom. The minimum atomic E-state index is -0.475. The summed E-state index contributed by atoms with van der Waals surface area (Å²) in [6, 6.07) is 3.79. The molecule has 0 aromatic carbocycles. The fourth-order valence-corrected chi connectivity index (χ4v) is 2.52. The van der Waals surface area contributed by atoms with E-state index in [1.807, 2.05) is 32.9 Å². The minimum absolute atomic E-state index is 0.236. The third-order valence-corrected chi connectivity index (χ3v) is 3.81. The molecule has 0 bridgehead atoms. The molecule has 0 unspecified atom stereocenters. The minimum Gasteiger partial charge on any atom is -0.444 e. The summed E-state index contributed by atoms with van der Waals surface area (Å²) in [5, 5.41) is 3.01. The van der Waals surface area contributed by atoms with Gasteiger partial charge in [0.1, 0.15) is 11.4 Å². The van der Waals surface area contributed by atoms with E-state index in [1.54, 1.807) is 6.20 Å². The van der Waals surface area contributed by atoms with Crippen molar-refractivity contribution in [2.24, 2.45) is 0 Å². The fourth-order valence-electron chi connectivity index (χ4n) is 2.52. The molecule has 2 rings (SSSR count). The monoisotopic (exact) mass is 306 g/mol. The number of nitrogen functional groups attached to an aromatic ring is 1. The molecule has 1 aliphatic heterocycles. The van der Waals surface area contributed by atoms with Crippen LogP contribution < -0.4 is 16.0 Å². The van der Waals surface area contributed by atoms with Crippen molar-refractivity contribution in [3.63, 3.8) is 0 Å². The highest BCUT2D eigenvalue weighted by atomic mass is 16.6. The van der Waals surface area contributed by atoms with Crippen LogP contribution in [0.5, 0.6) is 0 Å². The van der Waals surface area contributed by atoms with Gasteiger partial charge in [-0.25, -0.2) is 9.78 Å². The zero-order valence-electron chi connectivity index (χ0n) is 13.8. The van der Waals surface area contributed by atoms with Gasteiger partial charge in [-0.05, 0) is 52.7 Å². The van der Waals surface area contributed by atoms with E-state index in [2.05, 4.69) is 22.1 Å². The van der Waals surface area contributed by atoms with E-state index in [4.69, 9.17) is 10.5 Å². The number of hydrogen-bond acceptors (Lipinski definition) is 5. The van der Waals surface area contributed by atoms with Gasteiger partial charge in [-0.15, -0.1) is 0 Å². The van der Waals surface area contributed by atoms with Crippen molar-refractivity contribution in [1.82, 2.24) is 10.3 Å². The zero-order chi connectivity index (χ0) is 16.4. The summed E-state index contributed by atoms with van der Waals surface area (Å²) in [5.41, 5.74) is 5.97. The molecule has 0 saturated carbocycles. The van der Waals surface area contributed by atoms with E-state index in [9.17, 15) is 4.79 Å². The van der Waals surface area contributed by atoms with Gasteiger partial charge in [0.05, 0.1) is 11.9 Å². The van der Waals surface area contributed by atoms with E-state index >= 15 is 0 Å². The van der Waals surface area contributed by atoms with Crippen LogP contribution in [-0.2, 0) is 4.74 Å². The lowest BCUT2D eigenvalue weighted by Crippen LogP contribution is -2.54. The van der Waals surface area contributed by atoms with Crippen molar-refractivity contribution in [1.29, 1.82) is 0 Å². The van der Waals surface area contributed by atoms with E-state index in [0.29, 0.717) is 5.82 Å². The number of piperidine rings is 1. The number of rotatable bonds is 2. The molecule has 1 aliphatic rings. The van der Waals surface area contributed by atoms with Crippen LogP contribution in [0.4, 0.5) is 16.3 Å². The Labute approximate surface area is 132 Å². The number of alkyl carbamates (subject to hydrolysis) is 1. The number of amides is 1. The summed E-state index contributed by atoms with van der Waals surface area (Å²) >= 11 is 0. The number of ether oxygens (including phenoxy) is 1. The van der Waals surface area contributed by atoms with Crippen LogP contribution in [0.2, 0.25) is 0 Å². The molecule has 1 aromatic rings. The van der Waals surface area contributed by atoms with Crippen LogP contribution >= 0.6 is 0 Å². The Morgan fingerprint density at radius 3 is 2.50 bits per heavy atom. The summed E-state index contributed by atoms with van der Waals surface area (Å²) in [4.78, 5) is 18.3. The van der Waals surface area contributed by atoms with Crippen molar-refractivity contribution >= 4 is 17.6 Å². The van der Waals surface area contributed by atoms with Gasteiger partial charge >= 0.3 is 6.09 Å². The summed E-state index contributed by atoms with van der Waals surface area (Å²) in [7, 11) is 0. The van der Waals surface area contributed by atoms with Crippen LogP contribution in [0.15, 0.2) is 18.3 Å². The van der Waals surface area contributed by atoms with Gasteiger partial charge in [-0.3, -0.25) is 0 Å². The Balaban J connectivity index is 1.90. The molecule has 6 heteroatoms. The van der Waals surface area contributed by atoms with Gasteiger partial charge < -0.3 is 20.7 Å². The number of nitrogens with zero attached hydrogens (tertiary/aromatic N) is 2. The molecule has 3 N–H and O–H groups in total. The van der Waals surface area contributed by atoms with Crippen molar-refractivity contribution in [2.75, 3.05) is 23.7 Å². The van der Waals surface area contributed by atoms with Crippen LogP contribution in [0.3, 0.4) is 0 Å². The van der Waals surface area contributed by atoms with Gasteiger partial charge in [0.25, 0.3) is 0 Å². The second kappa shape index (κ2) is 6.02. The number of nitrogens with one attached hydrogen (secondary N) is 1. The number of hydrogen-bond donors (Lipinski definition) is 2. The third kappa shape index (κ3) is 4.51. The van der Waals surface area contributed by atoms with Crippen molar-refractivity contribution in [2.45, 2.75) is 51.7 Å².